The summed E-state index contributed by atoms with van der Waals surface area (Å²) in [4.78, 5) is 2.41. The molecule has 98 valence electrons. The van der Waals surface area contributed by atoms with Crippen molar-refractivity contribution < 1.29 is 0 Å². The predicted octanol–water partition coefficient (Wildman–Crippen LogP) is 2.74. The third-order valence-electron chi connectivity index (χ3n) is 4.94. The van der Waals surface area contributed by atoms with Crippen molar-refractivity contribution >= 4 is 5.69 Å². The molecule has 0 radical (unpaired) electrons. The Labute approximate surface area is 110 Å². The van der Waals surface area contributed by atoms with Crippen LogP contribution >= 0.6 is 0 Å². The van der Waals surface area contributed by atoms with E-state index >= 15 is 0 Å². The number of nitrogens with zero attached hydrogens (tertiary/aromatic N) is 1. The molecule has 0 amide bonds. The lowest BCUT2D eigenvalue weighted by atomic mass is 9.68. The maximum Gasteiger partial charge on any atom is 0.0366 e. The lowest BCUT2D eigenvalue weighted by Crippen LogP contribution is -2.46. The third kappa shape index (κ3) is 2.03. The van der Waals surface area contributed by atoms with E-state index in [9.17, 15) is 0 Å². The van der Waals surface area contributed by atoms with E-state index < -0.39 is 0 Å². The summed E-state index contributed by atoms with van der Waals surface area (Å²) < 4.78 is 0. The van der Waals surface area contributed by atoms with E-state index in [0.717, 1.165) is 13.1 Å². The zero-order valence-corrected chi connectivity index (χ0v) is 11.4. The molecular formula is C16H24N2. The molecule has 1 fully saturated rings. The number of aryl methyl sites for hydroxylation is 2. The lowest BCUT2D eigenvalue weighted by Gasteiger charge is -2.44. The molecule has 1 aromatic carbocycles. The third-order valence-corrected chi connectivity index (χ3v) is 4.94. The van der Waals surface area contributed by atoms with Crippen molar-refractivity contribution in [2.75, 3.05) is 25.0 Å². The van der Waals surface area contributed by atoms with Gasteiger partial charge in [0.1, 0.15) is 0 Å². The molecule has 0 aromatic heterocycles. The van der Waals surface area contributed by atoms with E-state index in [1.807, 2.05) is 0 Å². The van der Waals surface area contributed by atoms with Crippen molar-refractivity contribution in [3.63, 3.8) is 0 Å². The highest BCUT2D eigenvalue weighted by molar-refractivity contribution is 5.52. The van der Waals surface area contributed by atoms with Crippen LogP contribution in [-0.2, 0) is 12.8 Å². The fraction of sp³-hybridized carbons (Fsp3) is 0.625. The monoisotopic (exact) mass is 244 g/mol. The topological polar surface area (TPSA) is 29.3 Å². The quantitative estimate of drug-likeness (QED) is 0.882. The second-order valence-electron chi connectivity index (χ2n) is 6.22. The van der Waals surface area contributed by atoms with Crippen LogP contribution < -0.4 is 10.6 Å². The molecule has 0 atom stereocenters. The molecule has 1 aromatic rings. The number of rotatable bonds is 4. The van der Waals surface area contributed by atoms with E-state index in [4.69, 9.17) is 5.73 Å². The minimum Gasteiger partial charge on any atom is -0.374 e. The average molecular weight is 244 g/mol. The maximum atomic E-state index is 5.96. The Morgan fingerprint density at radius 2 is 1.94 bits per heavy atom. The molecular weight excluding hydrogens is 220 g/mol. The van der Waals surface area contributed by atoms with E-state index in [1.54, 1.807) is 11.1 Å². The summed E-state index contributed by atoms with van der Waals surface area (Å²) in [7, 11) is 2.21. The van der Waals surface area contributed by atoms with Gasteiger partial charge in [0.15, 0.2) is 0 Å². The Hall–Kier alpha value is -1.02. The first-order valence-electron chi connectivity index (χ1n) is 7.25. The summed E-state index contributed by atoms with van der Waals surface area (Å²) in [6, 6.07) is 7.00. The molecule has 0 unspecified atom stereocenters. The molecule has 2 N–H and O–H groups in total. The molecule has 1 saturated carbocycles. The van der Waals surface area contributed by atoms with Crippen LogP contribution in [0.15, 0.2) is 18.2 Å². The van der Waals surface area contributed by atoms with Gasteiger partial charge in [0.25, 0.3) is 0 Å². The zero-order valence-electron chi connectivity index (χ0n) is 11.4. The highest BCUT2D eigenvalue weighted by Gasteiger charge is 2.36. The van der Waals surface area contributed by atoms with Crippen LogP contribution in [0.25, 0.3) is 0 Å². The first-order chi connectivity index (χ1) is 8.72. The Kier molecular flexibility index (Phi) is 3.06. The van der Waals surface area contributed by atoms with Crippen LogP contribution in [0, 0.1) is 5.41 Å². The Morgan fingerprint density at radius 3 is 2.61 bits per heavy atom. The van der Waals surface area contributed by atoms with Gasteiger partial charge in [-0.05, 0) is 61.9 Å². The summed E-state index contributed by atoms with van der Waals surface area (Å²) in [5.74, 6) is 0. The first kappa shape index (κ1) is 12.0. The van der Waals surface area contributed by atoms with Crippen molar-refractivity contribution in [3.05, 3.63) is 29.3 Å². The number of hydrogen-bond donors (Lipinski definition) is 1. The number of hydrogen-bond acceptors (Lipinski definition) is 2. The molecule has 0 saturated heterocycles. The van der Waals surface area contributed by atoms with Gasteiger partial charge in [0.05, 0.1) is 0 Å². The SMILES string of the molecule is CN(CC1(CN)CCC1)c1ccc2c(c1)CCC2. The molecule has 2 heteroatoms. The van der Waals surface area contributed by atoms with Crippen molar-refractivity contribution in [3.8, 4) is 0 Å². The van der Waals surface area contributed by atoms with Crippen LogP contribution in [0.2, 0.25) is 0 Å². The van der Waals surface area contributed by atoms with Crippen LogP contribution in [0.5, 0.6) is 0 Å². The first-order valence-corrected chi connectivity index (χ1v) is 7.25. The number of anilines is 1. The van der Waals surface area contributed by atoms with Crippen molar-refractivity contribution in [2.45, 2.75) is 38.5 Å². The van der Waals surface area contributed by atoms with E-state index in [1.165, 1.54) is 44.2 Å². The highest BCUT2D eigenvalue weighted by atomic mass is 15.1. The zero-order chi connectivity index (χ0) is 12.6. The normalized spacial score (nSPS) is 20.3. The van der Waals surface area contributed by atoms with Gasteiger partial charge in [-0.25, -0.2) is 0 Å². The summed E-state index contributed by atoms with van der Waals surface area (Å²) in [5, 5.41) is 0. The van der Waals surface area contributed by atoms with Crippen LogP contribution in [-0.4, -0.2) is 20.1 Å². The molecule has 2 aliphatic carbocycles. The molecule has 2 nitrogen and oxygen atoms in total. The van der Waals surface area contributed by atoms with Gasteiger partial charge in [-0.15, -0.1) is 0 Å². The second-order valence-corrected chi connectivity index (χ2v) is 6.22. The maximum absolute atomic E-state index is 5.96. The van der Waals surface area contributed by atoms with Crippen LogP contribution in [0.1, 0.15) is 36.8 Å². The summed E-state index contributed by atoms with van der Waals surface area (Å²) in [6.07, 6.45) is 7.83. The van der Waals surface area contributed by atoms with Crippen molar-refractivity contribution in [1.29, 1.82) is 0 Å². The predicted molar refractivity (Wildman–Crippen MR) is 77.1 cm³/mol. The minimum atomic E-state index is 0.397. The average Bonchev–Trinajstić information content (AvgIpc) is 2.80. The number of benzene rings is 1. The van der Waals surface area contributed by atoms with E-state index in [2.05, 4.69) is 30.1 Å². The van der Waals surface area contributed by atoms with Gasteiger partial charge in [0.2, 0.25) is 0 Å². The summed E-state index contributed by atoms with van der Waals surface area (Å²) in [6.45, 7) is 1.95. The Balaban J connectivity index is 1.74. The molecule has 0 aliphatic heterocycles. The summed E-state index contributed by atoms with van der Waals surface area (Å²) >= 11 is 0. The standard InChI is InChI=1S/C16H24N2/c1-18(12-16(11-17)8-3-9-16)15-7-6-13-4-2-5-14(13)10-15/h6-7,10H,2-5,8-9,11-12,17H2,1H3. The second kappa shape index (κ2) is 4.58. The smallest absolute Gasteiger partial charge is 0.0366 e. The number of nitrogens with two attached hydrogens (primary N) is 1. The van der Waals surface area contributed by atoms with Crippen molar-refractivity contribution in [1.82, 2.24) is 0 Å². The lowest BCUT2D eigenvalue weighted by molar-refractivity contribution is 0.154. The Morgan fingerprint density at radius 1 is 1.17 bits per heavy atom. The van der Waals surface area contributed by atoms with Crippen LogP contribution in [0.3, 0.4) is 0 Å². The highest BCUT2D eigenvalue weighted by Crippen LogP contribution is 2.41. The van der Waals surface area contributed by atoms with Gasteiger partial charge in [0, 0.05) is 24.7 Å². The summed E-state index contributed by atoms with van der Waals surface area (Å²) in [5.41, 5.74) is 10.9. The van der Waals surface area contributed by atoms with Crippen LogP contribution in [0.4, 0.5) is 5.69 Å². The largest absolute Gasteiger partial charge is 0.374 e. The van der Waals surface area contributed by atoms with Gasteiger partial charge in [-0.2, -0.15) is 0 Å². The van der Waals surface area contributed by atoms with Gasteiger partial charge >= 0.3 is 0 Å². The van der Waals surface area contributed by atoms with Gasteiger partial charge in [-0.1, -0.05) is 12.5 Å². The fourth-order valence-corrected chi connectivity index (χ4v) is 3.49. The van der Waals surface area contributed by atoms with Gasteiger partial charge in [-0.3, -0.25) is 0 Å². The number of fused-ring (bicyclic) bond motifs is 1. The van der Waals surface area contributed by atoms with Gasteiger partial charge < -0.3 is 10.6 Å². The molecule has 0 spiro atoms. The van der Waals surface area contributed by atoms with Crippen molar-refractivity contribution in [2.24, 2.45) is 11.1 Å². The molecule has 3 rings (SSSR count). The minimum absolute atomic E-state index is 0.397. The van der Waals surface area contributed by atoms with E-state index in [-0.39, 0.29) is 0 Å². The molecule has 0 heterocycles. The van der Waals surface area contributed by atoms with E-state index in [0.29, 0.717) is 5.41 Å². The molecule has 0 bridgehead atoms. The Bertz CT molecular complexity index is 429. The molecule has 2 aliphatic rings. The molecule has 18 heavy (non-hydrogen) atoms. The fourth-order valence-electron chi connectivity index (χ4n) is 3.49.